The van der Waals surface area contributed by atoms with Gasteiger partial charge in [0.1, 0.15) is 12.0 Å². The second-order valence-electron chi connectivity index (χ2n) is 5.52. The molecule has 2 aromatic rings. The van der Waals surface area contributed by atoms with Crippen LogP contribution in [0.3, 0.4) is 0 Å². The maximum absolute atomic E-state index is 5.22. The van der Waals surface area contributed by atoms with Crippen molar-refractivity contribution < 1.29 is 9.26 Å². The Bertz CT molecular complexity index is 546. The van der Waals surface area contributed by atoms with E-state index in [1.54, 1.807) is 13.4 Å². The summed E-state index contributed by atoms with van der Waals surface area (Å²) >= 11 is 0. The molecule has 1 heterocycles. The van der Waals surface area contributed by atoms with Gasteiger partial charge in [-0.3, -0.25) is 0 Å². The SMILES string of the molecule is CCc1nocc1CNC(c1ccc(OC)cc1)C(C)C. The fourth-order valence-electron chi connectivity index (χ4n) is 2.49. The van der Waals surface area contributed by atoms with Crippen LogP contribution in [0.2, 0.25) is 0 Å². The molecule has 0 aliphatic rings. The third-order valence-corrected chi connectivity index (χ3v) is 3.72. The van der Waals surface area contributed by atoms with E-state index in [-0.39, 0.29) is 6.04 Å². The number of nitrogens with zero attached hydrogens (tertiary/aromatic N) is 1. The molecule has 1 atom stereocenters. The summed E-state index contributed by atoms with van der Waals surface area (Å²) in [7, 11) is 1.69. The van der Waals surface area contributed by atoms with Crippen LogP contribution in [0, 0.1) is 5.92 Å². The molecular weight excluding hydrogens is 264 g/mol. The number of hydrogen-bond donors (Lipinski definition) is 1. The molecule has 21 heavy (non-hydrogen) atoms. The minimum absolute atomic E-state index is 0.288. The number of nitrogens with one attached hydrogen (secondary N) is 1. The average Bonchev–Trinajstić information content (AvgIpc) is 2.95. The summed E-state index contributed by atoms with van der Waals surface area (Å²) in [6.07, 6.45) is 2.62. The number of methoxy groups -OCH3 is 1. The Kier molecular flexibility index (Phi) is 5.39. The van der Waals surface area contributed by atoms with Crippen LogP contribution < -0.4 is 10.1 Å². The smallest absolute Gasteiger partial charge is 0.128 e. The summed E-state index contributed by atoms with van der Waals surface area (Å²) in [6.45, 7) is 7.29. The van der Waals surface area contributed by atoms with Crippen LogP contribution in [0.25, 0.3) is 0 Å². The third-order valence-electron chi connectivity index (χ3n) is 3.72. The van der Waals surface area contributed by atoms with Gasteiger partial charge >= 0.3 is 0 Å². The second-order valence-corrected chi connectivity index (χ2v) is 5.52. The fraction of sp³-hybridized carbons (Fsp3) is 0.471. The van der Waals surface area contributed by atoms with Gasteiger partial charge in [0.25, 0.3) is 0 Å². The molecule has 0 fully saturated rings. The van der Waals surface area contributed by atoms with Gasteiger partial charge in [-0.05, 0) is 30.0 Å². The average molecular weight is 288 g/mol. The molecule has 0 aliphatic carbocycles. The maximum atomic E-state index is 5.22. The highest BCUT2D eigenvalue weighted by Crippen LogP contribution is 2.24. The molecule has 1 N–H and O–H groups in total. The maximum Gasteiger partial charge on any atom is 0.128 e. The van der Waals surface area contributed by atoms with Crippen molar-refractivity contribution in [1.82, 2.24) is 10.5 Å². The zero-order chi connectivity index (χ0) is 15.2. The van der Waals surface area contributed by atoms with Crippen molar-refractivity contribution in [2.24, 2.45) is 5.92 Å². The van der Waals surface area contributed by atoms with Gasteiger partial charge in [0, 0.05) is 18.2 Å². The monoisotopic (exact) mass is 288 g/mol. The van der Waals surface area contributed by atoms with Crippen molar-refractivity contribution in [3.63, 3.8) is 0 Å². The minimum atomic E-state index is 0.288. The quantitative estimate of drug-likeness (QED) is 0.843. The van der Waals surface area contributed by atoms with E-state index < -0.39 is 0 Å². The third kappa shape index (κ3) is 3.85. The molecule has 4 nitrogen and oxygen atoms in total. The molecule has 1 aromatic heterocycles. The van der Waals surface area contributed by atoms with Crippen LogP contribution in [-0.4, -0.2) is 12.3 Å². The molecule has 114 valence electrons. The number of aromatic nitrogens is 1. The van der Waals surface area contributed by atoms with Crippen LogP contribution in [0.1, 0.15) is 43.6 Å². The summed E-state index contributed by atoms with van der Waals surface area (Å²) in [5.74, 6) is 1.37. The van der Waals surface area contributed by atoms with Crippen molar-refractivity contribution in [2.45, 2.75) is 39.8 Å². The molecule has 0 saturated heterocycles. The predicted octanol–water partition coefficient (Wildman–Crippen LogP) is 3.73. The molecule has 0 amide bonds. The highest BCUT2D eigenvalue weighted by Gasteiger charge is 2.16. The molecule has 0 spiro atoms. The fourth-order valence-corrected chi connectivity index (χ4v) is 2.49. The van der Waals surface area contributed by atoms with E-state index in [1.165, 1.54) is 5.56 Å². The molecule has 1 aromatic carbocycles. The number of ether oxygens (including phenoxy) is 1. The summed E-state index contributed by atoms with van der Waals surface area (Å²) in [4.78, 5) is 0. The lowest BCUT2D eigenvalue weighted by Crippen LogP contribution is -2.25. The van der Waals surface area contributed by atoms with Crippen LogP contribution in [-0.2, 0) is 13.0 Å². The Labute approximate surface area is 126 Å². The normalized spacial score (nSPS) is 12.6. The highest BCUT2D eigenvalue weighted by molar-refractivity contribution is 5.29. The Morgan fingerprint density at radius 3 is 2.52 bits per heavy atom. The van der Waals surface area contributed by atoms with Gasteiger partial charge in [-0.15, -0.1) is 0 Å². The highest BCUT2D eigenvalue weighted by atomic mass is 16.5. The number of aryl methyl sites for hydroxylation is 1. The van der Waals surface area contributed by atoms with E-state index in [9.17, 15) is 0 Å². The van der Waals surface area contributed by atoms with Crippen LogP contribution >= 0.6 is 0 Å². The minimum Gasteiger partial charge on any atom is -0.497 e. The molecular formula is C17H24N2O2. The topological polar surface area (TPSA) is 47.3 Å². The lowest BCUT2D eigenvalue weighted by Gasteiger charge is -2.23. The Morgan fingerprint density at radius 1 is 1.24 bits per heavy atom. The number of rotatable bonds is 7. The van der Waals surface area contributed by atoms with E-state index in [0.29, 0.717) is 5.92 Å². The first kappa shape index (κ1) is 15.6. The molecule has 0 bridgehead atoms. The molecule has 1 unspecified atom stereocenters. The first-order chi connectivity index (χ1) is 10.2. The van der Waals surface area contributed by atoms with Gasteiger partial charge in [-0.1, -0.05) is 38.1 Å². The Balaban J connectivity index is 2.08. The molecule has 0 radical (unpaired) electrons. The first-order valence-electron chi connectivity index (χ1n) is 7.45. The zero-order valence-electron chi connectivity index (χ0n) is 13.2. The van der Waals surface area contributed by atoms with Crippen molar-refractivity contribution in [2.75, 3.05) is 7.11 Å². The number of hydrogen-bond acceptors (Lipinski definition) is 4. The van der Waals surface area contributed by atoms with Crippen molar-refractivity contribution in [3.05, 3.63) is 47.3 Å². The largest absolute Gasteiger partial charge is 0.497 e. The Morgan fingerprint density at radius 2 is 1.95 bits per heavy atom. The van der Waals surface area contributed by atoms with Gasteiger partial charge in [0.15, 0.2) is 0 Å². The lowest BCUT2D eigenvalue weighted by atomic mass is 9.95. The van der Waals surface area contributed by atoms with E-state index in [2.05, 4.69) is 43.4 Å². The summed E-state index contributed by atoms with van der Waals surface area (Å²) in [6, 6.07) is 8.53. The summed E-state index contributed by atoms with van der Waals surface area (Å²) in [5, 5.41) is 7.63. The van der Waals surface area contributed by atoms with Gasteiger partial charge in [-0.25, -0.2) is 0 Å². The van der Waals surface area contributed by atoms with E-state index in [4.69, 9.17) is 9.26 Å². The number of benzene rings is 1. The molecule has 2 rings (SSSR count). The van der Waals surface area contributed by atoms with Crippen LogP contribution in [0.15, 0.2) is 35.1 Å². The van der Waals surface area contributed by atoms with Crippen molar-refractivity contribution in [3.8, 4) is 5.75 Å². The second kappa shape index (κ2) is 7.27. The van der Waals surface area contributed by atoms with E-state index in [0.717, 1.165) is 30.0 Å². The van der Waals surface area contributed by atoms with Crippen molar-refractivity contribution >= 4 is 0 Å². The van der Waals surface area contributed by atoms with Crippen LogP contribution in [0.5, 0.6) is 5.75 Å². The summed E-state index contributed by atoms with van der Waals surface area (Å²) < 4.78 is 10.3. The van der Waals surface area contributed by atoms with Gasteiger partial charge in [-0.2, -0.15) is 0 Å². The van der Waals surface area contributed by atoms with Crippen molar-refractivity contribution in [1.29, 1.82) is 0 Å². The van der Waals surface area contributed by atoms with Crippen LogP contribution in [0.4, 0.5) is 0 Å². The standard InChI is InChI=1S/C17H24N2O2/c1-5-16-14(11-21-19-16)10-18-17(12(2)3)13-6-8-15(20-4)9-7-13/h6-9,11-12,17-18H,5,10H2,1-4H3. The van der Waals surface area contributed by atoms with Gasteiger partial charge in [0.05, 0.1) is 12.8 Å². The van der Waals surface area contributed by atoms with E-state index in [1.807, 2.05) is 12.1 Å². The summed E-state index contributed by atoms with van der Waals surface area (Å²) in [5.41, 5.74) is 3.43. The molecule has 4 heteroatoms. The lowest BCUT2D eigenvalue weighted by molar-refractivity contribution is 0.400. The predicted molar refractivity (Wildman–Crippen MR) is 83.3 cm³/mol. The van der Waals surface area contributed by atoms with Gasteiger partial charge in [0.2, 0.25) is 0 Å². The van der Waals surface area contributed by atoms with E-state index >= 15 is 0 Å². The van der Waals surface area contributed by atoms with Gasteiger partial charge < -0.3 is 14.6 Å². The zero-order valence-corrected chi connectivity index (χ0v) is 13.2. The first-order valence-corrected chi connectivity index (χ1v) is 7.45. The Hall–Kier alpha value is -1.81. The molecule has 0 aliphatic heterocycles. The molecule has 0 saturated carbocycles.